The molecule has 2 aromatic carbocycles. The monoisotopic (exact) mass is 536 g/mol. The number of amides is 1. The Hall–Kier alpha value is -2.40. The molecule has 1 aliphatic heterocycles. The van der Waals surface area contributed by atoms with E-state index < -0.39 is 9.84 Å². The number of nitrogens with zero attached hydrogens (tertiary/aromatic N) is 3. The smallest absolute Gasteiger partial charge is 0.223 e. The molecule has 1 saturated heterocycles. The number of hydrogen-bond acceptors (Lipinski definition) is 7. The third-order valence-corrected chi connectivity index (χ3v) is 9.67. The fraction of sp³-hybridized carbons (Fsp3) is 0.417. The van der Waals surface area contributed by atoms with E-state index in [0.29, 0.717) is 18.1 Å². The Kier molecular flexibility index (Phi) is 7.85. The van der Waals surface area contributed by atoms with Crippen LogP contribution in [0.1, 0.15) is 30.1 Å². The number of ether oxygens (including phenoxy) is 1. The van der Waals surface area contributed by atoms with E-state index in [1.54, 1.807) is 59.7 Å². The number of thiazole rings is 1. The third kappa shape index (κ3) is 5.55. The van der Waals surface area contributed by atoms with E-state index >= 15 is 0 Å². The summed E-state index contributed by atoms with van der Waals surface area (Å²) in [4.78, 5) is 21.0. The van der Waals surface area contributed by atoms with Crippen LogP contribution in [0.3, 0.4) is 0 Å². The molecule has 35 heavy (non-hydrogen) atoms. The van der Waals surface area contributed by atoms with Gasteiger partial charge >= 0.3 is 0 Å². The maximum atomic E-state index is 12.9. The zero-order chi connectivity index (χ0) is 25.2. The minimum atomic E-state index is -3.59. The van der Waals surface area contributed by atoms with Gasteiger partial charge in [0, 0.05) is 44.5 Å². The van der Waals surface area contributed by atoms with Gasteiger partial charge in [0.1, 0.15) is 6.73 Å². The van der Waals surface area contributed by atoms with Crippen LogP contribution in [0.25, 0.3) is 10.8 Å². The molecule has 0 saturated carbocycles. The third-order valence-electron chi connectivity index (χ3n) is 6.35. The molecule has 0 bridgehead atoms. The molecule has 2 N–H and O–H groups in total. The van der Waals surface area contributed by atoms with Gasteiger partial charge in [-0.1, -0.05) is 35.1 Å². The molecule has 0 aliphatic carbocycles. The number of rotatable bonds is 7. The number of hydrogen-bond donors (Lipinski definition) is 1. The van der Waals surface area contributed by atoms with Gasteiger partial charge in [-0.05, 0) is 47.9 Å². The largest absolute Gasteiger partial charge is 0.462 e. The average molecular weight is 537 g/mol. The Morgan fingerprint density at radius 2 is 1.89 bits per heavy atom. The Morgan fingerprint density at radius 1 is 1.20 bits per heavy atom. The number of carbonyl (C=O) groups is 1. The van der Waals surface area contributed by atoms with E-state index in [2.05, 4.69) is 4.99 Å². The average Bonchev–Trinajstić information content (AvgIpc) is 3.17. The standard InChI is InChI=1S/C24H29ClN4O4S2/c1-27-24-28(2)23(33-15-26)22(34-24)16-7-10-29(11-8-16)21(30)9-12-35(31,32)20-6-4-17-13-19(25)5-3-18(17)14-20/h3-6,13-14,16H,7-12,15,26H2,1-2H3/b27-24-. The minimum absolute atomic E-state index is 0.0417. The number of aromatic nitrogens is 1. The van der Waals surface area contributed by atoms with Gasteiger partial charge in [-0.15, -0.1) is 0 Å². The van der Waals surface area contributed by atoms with Gasteiger partial charge in [0.2, 0.25) is 11.8 Å². The van der Waals surface area contributed by atoms with Crippen molar-refractivity contribution >= 4 is 49.5 Å². The molecule has 1 aliphatic rings. The zero-order valence-corrected chi connectivity index (χ0v) is 22.1. The highest BCUT2D eigenvalue weighted by Crippen LogP contribution is 2.36. The van der Waals surface area contributed by atoms with Gasteiger partial charge in [-0.2, -0.15) is 0 Å². The van der Waals surface area contributed by atoms with Crippen molar-refractivity contribution in [2.45, 2.75) is 30.1 Å². The number of piperidine rings is 1. The maximum Gasteiger partial charge on any atom is 0.223 e. The normalized spacial score (nSPS) is 15.7. The first-order valence-electron chi connectivity index (χ1n) is 11.4. The number of sulfone groups is 1. The van der Waals surface area contributed by atoms with Gasteiger partial charge in [0.15, 0.2) is 14.6 Å². The van der Waals surface area contributed by atoms with Crippen molar-refractivity contribution in [3.63, 3.8) is 0 Å². The van der Waals surface area contributed by atoms with E-state index in [9.17, 15) is 13.2 Å². The molecule has 1 fully saturated rings. The van der Waals surface area contributed by atoms with E-state index in [1.165, 1.54) is 0 Å². The van der Waals surface area contributed by atoms with E-state index in [-0.39, 0.29) is 35.6 Å². The molecule has 8 nitrogen and oxygen atoms in total. The van der Waals surface area contributed by atoms with E-state index in [0.717, 1.165) is 39.2 Å². The molecule has 0 unspecified atom stereocenters. The molecular weight excluding hydrogens is 508 g/mol. The van der Waals surface area contributed by atoms with Crippen molar-refractivity contribution in [3.8, 4) is 5.88 Å². The highest BCUT2D eigenvalue weighted by molar-refractivity contribution is 7.91. The first-order chi connectivity index (χ1) is 16.7. The number of nitrogens with two attached hydrogens (primary N) is 1. The first kappa shape index (κ1) is 25.7. The van der Waals surface area contributed by atoms with Crippen LogP contribution in [0.5, 0.6) is 5.88 Å². The topological polar surface area (TPSA) is 107 Å². The lowest BCUT2D eigenvalue weighted by Crippen LogP contribution is -2.38. The van der Waals surface area contributed by atoms with Crippen molar-refractivity contribution in [1.29, 1.82) is 0 Å². The molecule has 4 rings (SSSR count). The lowest BCUT2D eigenvalue weighted by molar-refractivity contribution is -0.131. The van der Waals surface area contributed by atoms with Crippen molar-refractivity contribution in [2.24, 2.45) is 17.8 Å². The van der Waals surface area contributed by atoms with Crippen LogP contribution >= 0.6 is 22.9 Å². The zero-order valence-electron chi connectivity index (χ0n) is 19.7. The number of halogens is 1. The van der Waals surface area contributed by atoms with Gasteiger partial charge in [-0.3, -0.25) is 20.1 Å². The molecule has 3 aromatic rings. The Morgan fingerprint density at radius 3 is 2.57 bits per heavy atom. The highest BCUT2D eigenvalue weighted by Gasteiger charge is 2.29. The van der Waals surface area contributed by atoms with Crippen LogP contribution in [-0.2, 0) is 21.7 Å². The van der Waals surface area contributed by atoms with Crippen molar-refractivity contribution in [1.82, 2.24) is 9.47 Å². The quantitative estimate of drug-likeness (QED) is 0.466. The Balaban J connectivity index is 1.38. The van der Waals surface area contributed by atoms with Gasteiger partial charge in [0.25, 0.3) is 0 Å². The molecule has 11 heteroatoms. The number of fused-ring (bicyclic) bond motifs is 1. The van der Waals surface area contributed by atoms with Gasteiger partial charge in [-0.25, -0.2) is 8.42 Å². The number of benzene rings is 2. The van der Waals surface area contributed by atoms with Gasteiger partial charge in [0.05, 0.1) is 15.5 Å². The molecule has 0 radical (unpaired) electrons. The summed E-state index contributed by atoms with van der Waals surface area (Å²) < 4.78 is 33.4. The highest BCUT2D eigenvalue weighted by atomic mass is 35.5. The Bertz CT molecular complexity index is 1410. The van der Waals surface area contributed by atoms with Crippen LogP contribution in [0.15, 0.2) is 46.3 Å². The van der Waals surface area contributed by atoms with Crippen LogP contribution in [-0.4, -0.2) is 56.4 Å². The summed E-state index contributed by atoms with van der Waals surface area (Å²) in [6, 6.07) is 10.3. The molecule has 2 heterocycles. The second-order valence-electron chi connectivity index (χ2n) is 8.52. The molecular formula is C24H29ClN4O4S2. The lowest BCUT2D eigenvalue weighted by atomic mass is 9.95. The van der Waals surface area contributed by atoms with Crippen LogP contribution < -0.4 is 15.3 Å². The molecule has 1 aromatic heterocycles. The summed E-state index contributed by atoms with van der Waals surface area (Å²) in [6.45, 7) is 1.22. The Labute approximate surface area is 213 Å². The maximum absolute atomic E-state index is 12.9. The van der Waals surface area contributed by atoms with Gasteiger partial charge < -0.3 is 9.64 Å². The van der Waals surface area contributed by atoms with E-state index in [4.69, 9.17) is 22.1 Å². The van der Waals surface area contributed by atoms with Crippen molar-refractivity contribution in [2.75, 3.05) is 32.6 Å². The second-order valence-corrected chi connectivity index (χ2v) is 12.1. The van der Waals surface area contributed by atoms with Crippen molar-refractivity contribution in [3.05, 3.63) is 51.1 Å². The molecule has 0 spiro atoms. The first-order valence-corrected chi connectivity index (χ1v) is 14.2. The summed E-state index contributed by atoms with van der Waals surface area (Å²) >= 11 is 7.59. The summed E-state index contributed by atoms with van der Waals surface area (Å²) in [7, 11) is 0.0541. The summed E-state index contributed by atoms with van der Waals surface area (Å²) in [5, 5.41) is 2.26. The summed E-state index contributed by atoms with van der Waals surface area (Å²) in [5.74, 6) is 0.606. The minimum Gasteiger partial charge on any atom is -0.462 e. The van der Waals surface area contributed by atoms with E-state index in [1.807, 2.05) is 11.6 Å². The summed E-state index contributed by atoms with van der Waals surface area (Å²) in [6.07, 6.45) is 1.51. The van der Waals surface area contributed by atoms with Crippen LogP contribution in [0, 0.1) is 0 Å². The molecule has 1 amide bonds. The SMILES string of the molecule is C/N=c1\sc(C2CCN(C(=O)CCS(=O)(=O)c3ccc4cc(Cl)ccc4c3)CC2)c(OCN)n1C. The molecule has 188 valence electrons. The predicted octanol–water partition coefficient (Wildman–Crippen LogP) is 3.29. The second kappa shape index (κ2) is 10.7. The lowest BCUT2D eigenvalue weighted by Gasteiger charge is -2.32. The van der Waals surface area contributed by atoms with Crippen LogP contribution in [0.2, 0.25) is 5.02 Å². The van der Waals surface area contributed by atoms with Crippen molar-refractivity contribution < 1.29 is 17.9 Å². The fourth-order valence-corrected chi connectivity index (χ4v) is 7.07. The summed E-state index contributed by atoms with van der Waals surface area (Å²) in [5.41, 5.74) is 5.62. The number of carbonyl (C=O) groups excluding carboxylic acids is 1. The fourth-order valence-electron chi connectivity index (χ4n) is 4.44. The predicted molar refractivity (Wildman–Crippen MR) is 139 cm³/mol. The van der Waals surface area contributed by atoms with Crippen LogP contribution in [0.4, 0.5) is 0 Å². The molecule has 0 atom stereocenters. The number of likely N-dealkylation sites (tertiary alicyclic amines) is 1.